The average Bonchev–Trinajstić information content (AvgIpc) is 3.59. The molecular formula is C47H31N3O. The minimum Gasteiger partial charge on any atom is -0.456 e. The highest BCUT2D eigenvalue weighted by molar-refractivity contribution is 6.13. The lowest BCUT2D eigenvalue weighted by Crippen LogP contribution is -2.08. The number of hydrogen-bond donors (Lipinski definition) is 0. The molecule has 0 spiro atoms. The van der Waals surface area contributed by atoms with Crippen molar-refractivity contribution in [3.63, 3.8) is 0 Å². The fraction of sp³-hybridized carbons (Fsp3) is 0.0426. The van der Waals surface area contributed by atoms with E-state index in [0.29, 0.717) is 23.4 Å². The molecule has 4 nitrogen and oxygen atoms in total. The number of aromatic nitrogens is 3. The van der Waals surface area contributed by atoms with Crippen LogP contribution >= 0.6 is 0 Å². The highest BCUT2D eigenvalue weighted by atomic mass is 16.3. The summed E-state index contributed by atoms with van der Waals surface area (Å²) < 4.78 is 6.53. The Bertz CT molecular complexity index is 2770. The maximum Gasteiger partial charge on any atom is 0.164 e. The molecule has 0 fully saturated rings. The van der Waals surface area contributed by atoms with Gasteiger partial charge in [-0.3, -0.25) is 0 Å². The number of furan rings is 1. The van der Waals surface area contributed by atoms with Crippen molar-refractivity contribution in [2.75, 3.05) is 0 Å². The van der Waals surface area contributed by atoms with E-state index in [4.69, 9.17) is 19.4 Å². The van der Waals surface area contributed by atoms with Crippen LogP contribution in [0.3, 0.4) is 0 Å². The summed E-state index contributed by atoms with van der Waals surface area (Å²) in [4.78, 5) is 15.4. The van der Waals surface area contributed by atoms with Crippen LogP contribution in [0.5, 0.6) is 0 Å². The zero-order valence-electron chi connectivity index (χ0n) is 27.7. The Labute approximate surface area is 295 Å². The Kier molecular flexibility index (Phi) is 6.91. The van der Waals surface area contributed by atoms with Crippen LogP contribution in [0.15, 0.2) is 180 Å². The number of para-hydroxylation sites is 1. The maximum absolute atomic E-state index is 6.53. The summed E-state index contributed by atoms with van der Waals surface area (Å²) in [6.45, 7) is 0. The molecule has 240 valence electrons. The van der Waals surface area contributed by atoms with Crippen LogP contribution in [0.4, 0.5) is 0 Å². The number of nitrogens with zero attached hydrogens (tertiary/aromatic N) is 3. The molecule has 6 aromatic carbocycles. The normalized spacial score (nSPS) is 15.3. The standard InChI is InChI=1S/C47H31N3O/c1-2-12-34(13-3-1)45-48-46(38-25-23-31-11-5-7-15-36(31)27-38)50-47(49-45)41-28-39(29-43-44(41)40-16-8-9-17-42(40)51-43)33-20-18-32(19-21-33)37-24-22-30-10-4-6-14-35(30)26-37/h1-22,24-29,31H,23H2. The average molecular weight is 654 g/mol. The highest BCUT2D eigenvalue weighted by Crippen LogP contribution is 2.41. The van der Waals surface area contributed by atoms with Crippen LogP contribution in [-0.2, 0) is 0 Å². The van der Waals surface area contributed by atoms with Gasteiger partial charge in [-0.25, -0.2) is 15.0 Å². The number of benzene rings is 6. The molecule has 0 radical (unpaired) electrons. The van der Waals surface area contributed by atoms with Crippen LogP contribution < -0.4 is 0 Å². The van der Waals surface area contributed by atoms with Gasteiger partial charge in [0.1, 0.15) is 11.2 Å². The summed E-state index contributed by atoms with van der Waals surface area (Å²) in [6, 6.07) is 46.6. The van der Waals surface area contributed by atoms with Gasteiger partial charge in [0.05, 0.1) is 0 Å². The second-order valence-electron chi connectivity index (χ2n) is 13.2. The van der Waals surface area contributed by atoms with E-state index in [1.54, 1.807) is 0 Å². The molecule has 0 saturated heterocycles. The second kappa shape index (κ2) is 12.0. The van der Waals surface area contributed by atoms with Gasteiger partial charge in [-0.15, -0.1) is 0 Å². The largest absolute Gasteiger partial charge is 0.456 e. The van der Waals surface area contributed by atoms with Gasteiger partial charge in [-0.2, -0.15) is 0 Å². The van der Waals surface area contributed by atoms with Crippen molar-refractivity contribution in [1.82, 2.24) is 15.0 Å². The van der Waals surface area contributed by atoms with Crippen LogP contribution in [0.25, 0.3) is 83.3 Å². The lowest BCUT2D eigenvalue weighted by molar-refractivity contribution is 0.669. The van der Waals surface area contributed by atoms with Crippen molar-refractivity contribution in [3.8, 4) is 45.0 Å². The van der Waals surface area contributed by atoms with E-state index in [0.717, 1.165) is 56.2 Å². The number of rotatable bonds is 5. The van der Waals surface area contributed by atoms with Gasteiger partial charge in [0, 0.05) is 33.4 Å². The Morgan fingerprint density at radius 2 is 1.25 bits per heavy atom. The van der Waals surface area contributed by atoms with Gasteiger partial charge >= 0.3 is 0 Å². The quantitative estimate of drug-likeness (QED) is 0.185. The Morgan fingerprint density at radius 3 is 2.14 bits per heavy atom. The predicted octanol–water partition coefficient (Wildman–Crippen LogP) is 12.0. The van der Waals surface area contributed by atoms with Crippen molar-refractivity contribution in [1.29, 1.82) is 0 Å². The molecule has 51 heavy (non-hydrogen) atoms. The summed E-state index contributed by atoms with van der Waals surface area (Å²) in [7, 11) is 0. The van der Waals surface area contributed by atoms with E-state index >= 15 is 0 Å². The molecule has 0 amide bonds. The van der Waals surface area contributed by atoms with Crippen LogP contribution in [0.1, 0.15) is 12.2 Å². The Balaban J connectivity index is 1.14. The first-order chi connectivity index (χ1) is 25.2. The van der Waals surface area contributed by atoms with Gasteiger partial charge in [-0.1, -0.05) is 140 Å². The van der Waals surface area contributed by atoms with Gasteiger partial charge in [0.25, 0.3) is 0 Å². The zero-order chi connectivity index (χ0) is 33.7. The lowest BCUT2D eigenvalue weighted by atomic mass is 9.85. The Hall–Kier alpha value is -6.65. The third-order valence-corrected chi connectivity index (χ3v) is 10.0. The van der Waals surface area contributed by atoms with Crippen LogP contribution in [0, 0.1) is 5.92 Å². The van der Waals surface area contributed by atoms with Crippen LogP contribution in [0.2, 0.25) is 0 Å². The molecule has 1 unspecified atom stereocenters. The molecule has 2 aliphatic carbocycles. The second-order valence-corrected chi connectivity index (χ2v) is 13.2. The van der Waals surface area contributed by atoms with Crippen molar-refractivity contribution >= 4 is 38.3 Å². The molecule has 0 N–H and O–H groups in total. The molecule has 2 heterocycles. The summed E-state index contributed by atoms with van der Waals surface area (Å²) in [6.07, 6.45) is 14.0. The number of fused-ring (bicyclic) bond motifs is 5. The molecule has 8 aromatic rings. The number of hydrogen-bond acceptors (Lipinski definition) is 4. The SMILES string of the molecule is C1=CC2=CC(c3nc(-c4ccccc4)nc(-c4cc(-c5ccc(-c6ccc7ccccc7c6)cc5)cc5oc6ccccc6c45)n3)=CCC2C=C1. The van der Waals surface area contributed by atoms with E-state index < -0.39 is 0 Å². The fourth-order valence-electron chi connectivity index (χ4n) is 7.38. The molecule has 0 aliphatic heterocycles. The summed E-state index contributed by atoms with van der Waals surface area (Å²) in [5.74, 6) is 2.31. The van der Waals surface area contributed by atoms with Crippen molar-refractivity contribution in [2.45, 2.75) is 6.42 Å². The summed E-state index contributed by atoms with van der Waals surface area (Å²) in [5.41, 5.74) is 10.3. The molecule has 2 aliphatic rings. The van der Waals surface area contributed by atoms with E-state index in [-0.39, 0.29) is 0 Å². The molecule has 0 saturated carbocycles. The first-order valence-corrected chi connectivity index (χ1v) is 17.4. The summed E-state index contributed by atoms with van der Waals surface area (Å²) >= 11 is 0. The lowest BCUT2D eigenvalue weighted by Gasteiger charge is -2.20. The highest BCUT2D eigenvalue weighted by Gasteiger charge is 2.22. The van der Waals surface area contributed by atoms with E-state index in [2.05, 4.69) is 140 Å². The van der Waals surface area contributed by atoms with Gasteiger partial charge < -0.3 is 4.42 Å². The smallest absolute Gasteiger partial charge is 0.164 e. The summed E-state index contributed by atoms with van der Waals surface area (Å²) in [5, 5.41) is 4.50. The van der Waals surface area contributed by atoms with Crippen LogP contribution in [-0.4, -0.2) is 15.0 Å². The van der Waals surface area contributed by atoms with Crippen molar-refractivity contribution < 1.29 is 4.42 Å². The monoisotopic (exact) mass is 653 g/mol. The van der Waals surface area contributed by atoms with E-state index in [1.165, 1.54) is 27.5 Å². The molecule has 1 atom stereocenters. The molecular weight excluding hydrogens is 623 g/mol. The molecule has 4 heteroatoms. The first-order valence-electron chi connectivity index (χ1n) is 17.4. The first kappa shape index (κ1) is 29.3. The number of allylic oxidation sites excluding steroid dienone is 8. The molecule has 0 bridgehead atoms. The van der Waals surface area contributed by atoms with Gasteiger partial charge in [0.15, 0.2) is 17.5 Å². The molecule has 10 rings (SSSR count). The van der Waals surface area contributed by atoms with Gasteiger partial charge in [-0.05, 0) is 75.4 Å². The fourth-order valence-corrected chi connectivity index (χ4v) is 7.38. The maximum atomic E-state index is 6.53. The topological polar surface area (TPSA) is 51.8 Å². The molecule has 2 aromatic heterocycles. The van der Waals surface area contributed by atoms with Crippen molar-refractivity contribution in [3.05, 3.63) is 181 Å². The van der Waals surface area contributed by atoms with E-state index in [1.807, 2.05) is 30.3 Å². The Morgan fingerprint density at radius 1 is 0.529 bits per heavy atom. The van der Waals surface area contributed by atoms with E-state index in [9.17, 15) is 0 Å². The van der Waals surface area contributed by atoms with Gasteiger partial charge in [0.2, 0.25) is 0 Å². The third kappa shape index (κ3) is 5.29. The predicted molar refractivity (Wildman–Crippen MR) is 209 cm³/mol. The zero-order valence-corrected chi connectivity index (χ0v) is 27.7. The third-order valence-electron chi connectivity index (χ3n) is 10.0. The minimum atomic E-state index is 0.384. The van der Waals surface area contributed by atoms with Crippen molar-refractivity contribution in [2.24, 2.45) is 5.92 Å². The minimum absolute atomic E-state index is 0.384.